The van der Waals surface area contributed by atoms with Crippen LogP contribution in [-0.4, -0.2) is 16.3 Å². The number of anilines is 1. The number of nitrogens with one attached hydrogen (secondary N) is 1. The quantitative estimate of drug-likeness (QED) is 0.826. The number of halogens is 1. The molecule has 1 N–H and O–H groups in total. The minimum Gasteiger partial charge on any atom is -0.385 e. The maximum atomic E-state index is 5.74. The highest BCUT2D eigenvalue weighted by Gasteiger charge is 1.98. The van der Waals surface area contributed by atoms with Crippen molar-refractivity contribution in [2.75, 3.05) is 11.9 Å². The molecule has 0 spiro atoms. The van der Waals surface area contributed by atoms with E-state index in [2.05, 4.69) is 22.5 Å². The van der Waals surface area contributed by atoms with Crippen LogP contribution in [0, 0.1) is 0 Å². The van der Waals surface area contributed by atoms with Crippen LogP contribution in [0.1, 0.15) is 11.3 Å². The van der Waals surface area contributed by atoms with Crippen molar-refractivity contribution in [3.05, 3.63) is 47.8 Å². The maximum absolute atomic E-state index is 5.74. The highest BCUT2D eigenvalue weighted by atomic mass is 35.5. The van der Waals surface area contributed by atoms with Gasteiger partial charge >= 0.3 is 0 Å². The summed E-state index contributed by atoms with van der Waals surface area (Å²) in [5, 5.41) is 7.52. The molecule has 0 aliphatic carbocycles. The van der Waals surface area contributed by atoms with E-state index in [1.54, 1.807) is 0 Å². The van der Waals surface area contributed by atoms with E-state index >= 15 is 0 Å². The van der Waals surface area contributed by atoms with Crippen LogP contribution in [0.3, 0.4) is 0 Å². The van der Waals surface area contributed by atoms with E-state index in [-0.39, 0.29) is 0 Å². The lowest BCUT2D eigenvalue weighted by atomic mass is 10.2. The van der Waals surface area contributed by atoms with Crippen LogP contribution < -0.4 is 5.32 Å². The van der Waals surface area contributed by atoms with E-state index in [4.69, 9.17) is 11.6 Å². The summed E-state index contributed by atoms with van der Waals surface area (Å²) in [5.41, 5.74) is 3.50. The van der Waals surface area contributed by atoms with Gasteiger partial charge in [0.15, 0.2) is 0 Å². The molecule has 0 atom stereocenters. The molecule has 0 bridgehead atoms. The molecule has 4 heteroatoms. The maximum Gasteiger partial charge on any atom is 0.0492 e. The van der Waals surface area contributed by atoms with Crippen molar-refractivity contribution in [1.29, 1.82) is 0 Å². The molecule has 1 heterocycles. The first-order valence-corrected chi connectivity index (χ1v) is 6.18. The van der Waals surface area contributed by atoms with Gasteiger partial charge in [-0.05, 0) is 23.8 Å². The normalized spacial score (nSPS) is 10.5. The SMILES string of the molecule is Cn1nccc1CCNc1ccc(CCl)cc1. The van der Waals surface area contributed by atoms with Gasteiger partial charge in [0.2, 0.25) is 0 Å². The van der Waals surface area contributed by atoms with Gasteiger partial charge in [0, 0.05) is 43.5 Å². The third-order valence-corrected chi connectivity index (χ3v) is 3.05. The first-order valence-electron chi connectivity index (χ1n) is 5.65. The molecule has 0 amide bonds. The van der Waals surface area contributed by atoms with Crippen molar-refractivity contribution in [1.82, 2.24) is 9.78 Å². The molecule has 0 fully saturated rings. The van der Waals surface area contributed by atoms with Gasteiger partial charge in [0.05, 0.1) is 0 Å². The first kappa shape index (κ1) is 12.0. The predicted molar refractivity (Wildman–Crippen MR) is 71.4 cm³/mol. The Morgan fingerprint density at radius 3 is 2.59 bits per heavy atom. The summed E-state index contributed by atoms with van der Waals surface area (Å²) in [5.74, 6) is 0.565. The van der Waals surface area contributed by atoms with Crippen LogP contribution >= 0.6 is 11.6 Å². The van der Waals surface area contributed by atoms with Gasteiger partial charge < -0.3 is 5.32 Å². The third-order valence-electron chi connectivity index (χ3n) is 2.74. The zero-order valence-corrected chi connectivity index (χ0v) is 10.6. The Morgan fingerprint density at radius 2 is 2.00 bits per heavy atom. The second-order valence-electron chi connectivity index (χ2n) is 3.95. The fraction of sp³-hybridized carbons (Fsp3) is 0.308. The van der Waals surface area contributed by atoms with E-state index in [0.717, 1.165) is 24.2 Å². The van der Waals surface area contributed by atoms with Crippen LogP contribution in [0.15, 0.2) is 36.5 Å². The summed E-state index contributed by atoms with van der Waals surface area (Å²) < 4.78 is 1.90. The lowest BCUT2D eigenvalue weighted by Crippen LogP contribution is -2.08. The van der Waals surface area contributed by atoms with Gasteiger partial charge in [0.1, 0.15) is 0 Å². The van der Waals surface area contributed by atoms with Gasteiger partial charge in [-0.2, -0.15) is 5.10 Å². The molecule has 17 heavy (non-hydrogen) atoms. The van der Waals surface area contributed by atoms with Gasteiger partial charge in [0.25, 0.3) is 0 Å². The Hall–Kier alpha value is -1.48. The van der Waals surface area contributed by atoms with E-state index in [1.807, 2.05) is 36.1 Å². The molecule has 1 aromatic heterocycles. The molecule has 0 aliphatic heterocycles. The fourth-order valence-corrected chi connectivity index (χ4v) is 1.87. The Bertz CT molecular complexity index is 462. The molecule has 2 aromatic rings. The topological polar surface area (TPSA) is 29.9 Å². The summed E-state index contributed by atoms with van der Waals surface area (Å²) >= 11 is 5.74. The van der Waals surface area contributed by atoms with Crippen LogP contribution in [0.4, 0.5) is 5.69 Å². The minimum absolute atomic E-state index is 0.565. The van der Waals surface area contributed by atoms with E-state index < -0.39 is 0 Å². The molecule has 2 rings (SSSR count). The smallest absolute Gasteiger partial charge is 0.0492 e. The van der Waals surface area contributed by atoms with Crippen LogP contribution in [-0.2, 0) is 19.3 Å². The van der Waals surface area contributed by atoms with Crippen molar-refractivity contribution < 1.29 is 0 Å². The van der Waals surface area contributed by atoms with E-state index in [9.17, 15) is 0 Å². The molecule has 0 radical (unpaired) electrons. The van der Waals surface area contributed by atoms with Crippen LogP contribution in [0.5, 0.6) is 0 Å². The van der Waals surface area contributed by atoms with Crippen LogP contribution in [0.25, 0.3) is 0 Å². The van der Waals surface area contributed by atoms with Crippen molar-refractivity contribution in [2.45, 2.75) is 12.3 Å². The summed E-state index contributed by atoms with van der Waals surface area (Å²) in [7, 11) is 1.96. The predicted octanol–water partition coefficient (Wildman–Crippen LogP) is 2.81. The van der Waals surface area contributed by atoms with Crippen molar-refractivity contribution in [3.8, 4) is 0 Å². The zero-order valence-electron chi connectivity index (χ0n) is 9.86. The second kappa shape index (κ2) is 5.73. The van der Waals surface area contributed by atoms with Crippen molar-refractivity contribution >= 4 is 17.3 Å². The summed E-state index contributed by atoms with van der Waals surface area (Å²) in [6.07, 6.45) is 2.79. The number of aryl methyl sites for hydroxylation is 1. The molecule has 1 aromatic carbocycles. The Kier molecular flexibility index (Phi) is 4.04. The Morgan fingerprint density at radius 1 is 1.24 bits per heavy atom. The van der Waals surface area contributed by atoms with E-state index in [1.165, 1.54) is 5.69 Å². The average molecular weight is 250 g/mol. The van der Waals surface area contributed by atoms with Gasteiger partial charge in [-0.25, -0.2) is 0 Å². The first-order chi connectivity index (χ1) is 8.29. The second-order valence-corrected chi connectivity index (χ2v) is 4.22. The highest BCUT2D eigenvalue weighted by molar-refractivity contribution is 6.17. The number of nitrogens with zero attached hydrogens (tertiary/aromatic N) is 2. The van der Waals surface area contributed by atoms with Gasteiger partial charge in [-0.1, -0.05) is 12.1 Å². The molecular formula is C13H16ClN3. The average Bonchev–Trinajstić information content (AvgIpc) is 2.76. The third kappa shape index (κ3) is 3.24. The number of hydrogen-bond acceptors (Lipinski definition) is 2. The molecule has 90 valence electrons. The molecular weight excluding hydrogens is 234 g/mol. The van der Waals surface area contributed by atoms with Crippen molar-refractivity contribution in [2.24, 2.45) is 7.05 Å². The molecule has 0 unspecified atom stereocenters. The summed E-state index contributed by atoms with van der Waals surface area (Å²) in [6, 6.07) is 10.2. The fourth-order valence-electron chi connectivity index (χ4n) is 1.69. The zero-order chi connectivity index (χ0) is 12.1. The molecule has 0 saturated heterocycles. The number of benzene rings is 1. The number of aromatic nitrogens is 2. The summed E-state index contributed by atoms with van der Waals surface area (Å²) in [4.78, 5) is 0. The van der Waals surface area contributed by atoms with Gasteiger partial charge in [-0.3, -0.25) is 4.68 Å². The lowest BCUT2D eigenvalue weighted by Gasteiger charge is -2.07. The number of hydrogen-bond donors (Lipinski definition) is 1. The Balaban J connectivity index is 1.83. The molecule has 0 saturated carbocycles. The molecule has 0 aliphatic rings. The molecule has 3 nitrogen and oxygen atoms in total. The van der Waals surface area contributed by atoms with Crippen LogP contribution in [0.2, 0.25) is 0 Å². The number of rotatable bonds is 5. The van der Waals surface area contributed by atoms with E-state index in [0.29, 0.717) is 5.88 Å². The standard InChI is InChI=1S/C13H16ClN3/c1-17-13(7-9-16-17)6-8-15-12-4-2-11(10-14)3-5-12/h2-5,7,9,15H,6,8,10H2,1H3. The number of alkyl halides is 1. The summed E-state index contributed by atoms with van der Waals surface area (Å²) in [6.45, 7) is 0.903. The Labute approximate surface area is 106 Å². The lowest BCUT2D eigenvalue weighted by molar-refractivity contribution is 0.711. The van der Waals surface area contributed by atoms with Gasteiger partial charge in [-0.15, -0.1) is 11.6 Å². The monoisotopic (exact) mass is 249 g/mol. The van der Waals surface area contributed by atoms with Crippen molar-refractivity contribution in [3.63, 3.8) is 0 Å². The minimum atomic E-state index is 0.565. The largest absolute Gasteiger partial charge is 0.385 e. The highest BCUT2D eigenvalue weighted by Crippen LogP contribution is 2.11.